The van der Waals surface area contributed by atoms with Crippen LogP contribution in [-0.4, -0.2) is 35.6 Å². The van der Waals surface area contributed by atoms with E-state index in [9.17, 15) is 14.0 Å². The number of benzene rings is 3. The summed E-state index contributed by atoms with van der Waals surface area (Å²) in [4.78, 5) is 13.4. The van der Waals surface area contributed by atoms with Gasteiger partial charge >= 0.3 is 15.4 Å². The molecule has 2 aliphatic rings. The van der Waals surface area contributed by atoms with E-state index in [1.165, 1.54) is 6.66 Å². The Kier molecular flexibility index (Phi) is 9.70. The van der Waals surface area contributed by atoms with Gasteiger partial charge in [-0.25, -0.2) is 9.13 Å². The van der Waals surface area contributed by atoms with Crippen molar-refractivity contribution in [2.24, 2.45) is 5.92 Å². The van der Waals surface area contributed by atoms with Crippen LogP contribution in [0.25, 0.3) is 0 Å². The molecule has 10 heteroatoms. The molecule has 0 aromatic heterocycles. The fraction of sp³-hybridized carbons (Fsp3) is 0.419. The zero-order valence-corrected chi connectivity index (χ0v) is 25.5. The lowest BCUT2D eigenvalue weighted by Gasteiger charge is -2.45. The standard InChI is InChI=1S/C31H39NO7P2/c1-3-18-32-19-10-15-27-20-28-26(21-29(27)32)16-17-30(38-40(2,33)36-22-24-11-6-4-7-12-24)31(28)39-41(34,35)37-23-25-13-8-5-9-14-25/h4-9,11-14,16-17,27,29H,3,10,15,18-23H2,1-2H3,(H,34,35)/t27-,29-,40?/m1/s1. The van der Waals surface area contributed by atoms with Crippen LogP contribution in [0, 0.1) is 5.92 Å². The molecule has 1 N–H and O–H groups in total. The van der Waals surface area contributed by atoms with E-state index < -0.39 is 15.4 Å². The minimum absolute atomic E-state index is 0.0943. The van der Waals surface area contributed by atoms with Crippen molar-refractivity contribution in [3.63, 3.8) is 0 Å². The molecule has 220 valence electrons. The molecule has 1 saturated heterocycles. The summed E-state index contributed by atoms with van der Waals surface area (Å²) in [6.07, 6.45) is 4.76. The van der Waals surface area contributed by atoms with Gasteiger partial charge in [0.15, 0.2) is 11.5 Å². The molecule has 0 spiro atoms. The van der Waals surface area contributed by atoms with E-state index in [1.54, 1.807) is 6.07 Å². The Balaban J connectivity index is 1.42. The number of rotatable bonds is 12. The molecule has 0 amide bonds. The third kappa shape index (κ3) is 7.90. The van der Waals surface area contributed by atoms with E-state index in [0.717, 1.165) is 61.0 Å². The van der Waals surface area contributed by atoms with E-state index in [2.05, 4.69) is 11.8 Å². The summed E-state index contributed by atoms with van der Waals surface area (Å²) in [7, 11) is -8.18. The fourth-order valence-corrected chi connectivity index (χ4v) is 7.61. The summed E-state index contributed by atoms with van der Waals surface area (Å²) >= 11 is 0. The van der Waals surface area contributed by atoms with Gasteiger partial charge in [-0.2, -0.15) is 0 Å². The Bertz CT molecular complexity index is 1400. The van der Waals surface area contributed by atoms with Gasteiger partial charge in [0.05, 0.1) is 13.2 Å². The van der Waals surface area contributed by atoms with Gasteiger partial charge in [-0.1, -0.05) is 73.7 Å². The Morgan fingerprint density at radius 2 is 1.54 bits per heavy atom. The molecule has 1 fully saturated rings. The third-order valence-electron chi connectivity index (χ3n) is 7.78. The highest BCUT2D eigenvalue weighted by molar-refractivity contribution is 7.53. The molecule has 2 unspecified atom stereocenters. The Morgan fingerprint density at radius 3 is 2.20 bits per heavy atom. The smallest absolute Gasteiger partial charge is 0.421 e. The maximum absolute atomic E-state index is 13.4. The molecule has 4 atom stereocenters. The van der Waals surface area contributed by atoms with Gasteiger partial charge in [0, 0.05) is 18.3 Å². The van der Waals surface area contributed by atoms with Crippen LogP contribution in [0.2, 0.25) is 0 Å². The second-order valence-electron chi connectivity index (χ2n) is 10.9. The molecular weight excluding hydrogens is 560 g/mol. The Hall–Kier alpha value is -2.44. The van der Waals surface area contributed by atoms with E-state index in [0.29, 0.717) is 18.4 Å². The highest BCUT2D eigenvalue weighted by Crippen LogP contribution is 2.55. The average molecular weight is 600 g/mol. The number of hydrogen-bond donors (Lipinski definition) is 1. The summed E-state index contributed by atoms with van der Waals surface area (Å²) < 4.78 is 49.5. The number of hydrogen-bond acceptors (Lipinski definition) is 7. The minimum atomic E-state index is -4.56. The van der Waals surface area contributed by atoms with Crippen LogP contribution in [0.1, 0.15) is 48.4 Å². The molecule has 5 rings (SSSR count). The maximum atomic E-state index is 13.4. The third-order valence-corrected chi connectivity index (χ3v) is 9.77. The quantitative estimate of drug-likeness (QED) is 0.216. The number of likely N-dealkylation sites (tertiary alicyclic amines) is 1. The number of phosphoric ester groups is 1. The van der Waals surface area contributed by atoms with E-state index in [4.69, 9.17) is 18.1 Å². The Morgan fingerprint density at radius 1 is 0.878 bits per heavy atom. The van der Waals surface area contributed by atoms with Crippen molar-refractivity contribution < 1.29 is 32.1 Å². The van der Waals surface area contributed by atoms with E-state index in [-0.39, 0.29) is 24.7 Å². The first-order valence-electron chi connectivity index (χ1n) is 14.3. The zero-order valence-electron chi connectivity index (χ0n) is 23.7. The lowest BCUT2D eigenvalue weighted by atomic mass is 9.75. The first-order valence-corrected chi connectivity index (χ1v) is 17.8. The Labute approximate surface area is 242 Å². The van der Waals surface area contributed by atoms with Crippen LogP contribution in [0.4, 0.5) is 0 Å². The molecule has 0 bridgehead atoms. The molecule has 1 aliphatic heterocycles. The maximum Gasteiger partial charge on any atom is 0.527 e. The van der Waals surface area contributed by atoms with Crippen molar-refractivity contribution in [2.45, 2.75) is 58.3 Å². The largest absolute Gasteiger partial charge is 0.527 e. The second kappa shape index (κ2) is 13.2. The minimum Gasteiger partial charge on any atom is -0.421 e. The van der Waals surface area contributed by atoms with Crippen LogP contribution >= 0.6 is 15.4 Å². The molecular formula is C31H39NO7P2. The fourth-order valence-electron chi connectivity index (χ4n) is 5.88. The van der Waals surface area contributed by atoms with Crippen molar-refractivity contribution >= 4 is 15.4 Å². The number of phosphoric acid groups is 1. The van der Waals surface area contributed by atoms with E-state index >= 15 is 0 Å². The van der Waals surface area contributed by atoms with Gasteiger partial charge in [-0.3, -0.25) is 18.8 Å². The predicted molar refractivity (Wildman–Crippen MR) is 159 cm³/mol. The van der Waals surface area contributed by atoms with Gasteiger partial charge in [-0.15, -0.1) is 0 Å². The molecule has 3 aromatic carbocycles. The summed E-state index contributed by atoms with van der Waals surface area (Å²) in [5.41, 5.74) is 3.44. The highest BCUT2D eigenvalue weighted by atomic mass is 31.2. The molecule has 8 nitrogen and oxygen atoms in total. The first kappa shape index (κ1) is 30.0. The van der Waals surface area contributed by atoms with Gasteiger partial charge < -0.3 is 9.05 Å². The van der Waals surface area contributed by atoms with Crippen LogP contribution in [0.15, 0.2) is 72.8 Å². The van der Waals surface area contributed by atoms with Crippen LogP contribution < -0.4 is 9.05 Å². The van der Waals surface area contributed by atoms with Gasteiger partial charge in [0.1, 0.15) is 0 Å². The van der Waals surface area contributed by atoms with Gasteiger partial charge in [0.2, 0.25) is 0 Å². The lowest BCUT2D eigenvalue weighted by molar-refractivity contribution is 0.0848. The number of nitrogens with zero attached hydrogens (tertiary/aromatic N) is 1. The summed E-state index contributed by atoms with van der Waals surface area (Å²) in [6, 6.07) is 22.6. The lowest BCUT2D eigenvalue weighted by Crippen LogP contribution is -2.49. The monoisotopic (exact) mass is 599 g/mol. The summed E-state index contributed by atoms with van der Waals surface area (Å²) in [5.74, 6) is 0.601. The van der Waals surface area contributed by atoms with Crippen molar-refractivity contribution in [2.75, 3.05) is 19.8 Å². The second-order valence-corrected chi connectivity index (χ2v) is 14.2. The van der Waals surface area contributed by atoms with E-state index in [1.807, 2.05) is 66.7 Å². The topological polar surface area (TPSA) is 94.5 Å². The van der Waals surface area contributed by atoms with Crippen molar-refractivity contribution in [1.82, 2.24) is 4.90 Å². The van der Waals surface area contributed by atoms with Crippen molar-refractivity contribution in [3.8, 4) is 11.5 Å². The van der Waals surface area contributed by atoms with Crippen LogP contribution in [0.5, 0.6) is 11.5 Å². The predicted octanol–water partition coefficient (Wildman–Crippen LogP) is 7.39. The van der Waals surface area contributed by atoms with Crippen molar-refractivity contribution in [1.29, 1.82) is 0 Å². The summed E-state index contributed by atoms with van der Waals surface area (Å²) in [6.45, 7) is 5.74. The SMILES string of the molecule is CCCN1CCC[C@@H]2Cc3c(ccc(OP(C)(=O)OCc4ccccc4)c3OP(=O)(O)OCc3ccccc3)C[C@H]21. The molecule has 0 radical (unpaired) electrons. The average Bonchev–Trinajstić information content (AvgIpc) is 2.97. The summed E-state index contributed by atoms with van der Waals surface area (Å²) in [5, 5.41) is 0. The molecule has 41 heavy (non-hydrogen) atoms. The number of piperidine rings is 1. The molecule has 3 aromatic rings. The normalized spacial score (nSPS) is 21.6. The molecule has 1 heterocycles. The van der Waals surface area contributed by atoms with Gasteiger partial charge in [0.25, 0.3) is 0 Å². The number of fused-ring (bicyclic) bond motifs is 2. The van der Waals surface area contributed by atoms with Crippen molar-refractivity contribution in [3.05, 3.63) is 95.1 Å². The zero-order chi connectivity index (χ0) is 28.9. The highest BCUT2D eigenvalue weighted by Gasteiger charge is 2.39. The van der Waals surface area contributed by atoms with Crippen LogP contribution in [-0.2, 0) is 44.2 Å². The molecule has 1 aliphatic carbocycles. The first-order chi connectivity index (χ1) is 19.7. The van der Waals surface area contributed by atoms with Gasteiger partial charge in [-0.05, 0) is 73.9 Å². The van der Waals surface area contributed by atoms with Crippen LogP contribution in [0.3, 0.4) is 0 Å². The molecule has 0 saturated carbocycles.